The van der Waals surface area contributed by atoms with Gasteiger partial charge in [0, 0.05) is 0 Å². The molecule has 2 aromatic rings. The van der Waals surface area contributed by atoms with E-state index in [4.69, 9.17) is 15.0 Å². The Morgan fingerprint density at radius 3 is 2.55 bits per heavy atom. The number of ether oxygens (including phenoxy) is 2. The fourth-order valence-corrected chi connectivity index (χ4v) is 3.00. The van der Waals surface area contributed by atoms with Gasteiger partial charge in [-0.15, -0.1) is 0 Å². The zero-order valence-corrected chi connectivity index (χ0v) is 18.3. The fourth-order valence-electron chi connectivity index (χ4n) is 2.37. The van der Waals surface area contributed by atoms with Gasteiger partial charge in [0.2, 0.25) is 6.29 Å². The number of amides is 1. The number of carboxylic acids is 1. The molecule has 2 heterocycles. The van der Waals surface area contributed by atoms with E-state index in [-0.39, 0.29) is 34.7 Å². The van der Waals surface area contributed by atoms with Crippen molar-refractivity contribution < 1.29 is 79.5 Å². The third-order valence-corrected chi connectivity index (χ3v) is 4.67. The van der Waals surface area contributed by atoms with Crippen molar-refractivity contribution in [1.29, 1.82) is 0 Å². The average Bonchev–Trinajstić information content (AvgIpc) is 3.24. The molecule has 1 aliphatic heterocycles. The number of hydrogen-bond acceptors (Lipinski definition) is 12. The first kappa shape index (κ1) is 19.5. The zero-order chi connectivity index (χ0) is 25.5. The number of nitrogens with zero attached hydrogens (tertiary/aromatic N) is 2. The summed E-state index contributed by atoms with van der Waals surface area (Å²) in [7, 11) is 0. The molecule has 31 heavy (non-hydrogen) atoms. The van der Waals surface area contributed by atoms with Crippen LogP contribution < -0.4 is 44.7 Å². The van der Waals surface area contributed by atoms with E-state index < -0.39 is 88.0 Å². The Labute approximate surface area is 205 Å². The Morgan fingerprint density at radius 2 is 1.94 bits per heavy atom. The van der Waals surface area contributed by atoms with Gasteiger partial charge in [-0.2, -0.15) is 0 Å². The summed E-state index contributed by atoms with van der Waals surface area (Å²) in [5.41, 5.74) is -0.842. The van der Waals surface area contributed by atoms with Crippen molar-refractivity contribution in [2.24, 2.45) is 0 Å². The molecule has 15 heteroatoms. The number of hydrogen-bond donors (Lipinski definition) is 4. The second-order valence-corrected chi connectivity index (χ2v) is 6.76. The van der Waals surface area contributed by atoms with Crippen molar-refractivity contribution in [3.63, 3.8) is 0 Å². The van der Waals surface area contributed by atoms with Gasteiger partial charge >= 0.3 is 34.6 Å². The van der Waals surface area contributed by atoms with E-state index in [9.17, 15) is 40.1 Å². The Morgan fingerprint density at radius 1 is 1.26 bits per heavy atom. The van der Waals surface area contributed by atoms with Crippen LogP contribution in [0.4, 0.5) is 10.1 Å². The normalized spacial score (nSPS) is 27.0. The van der Waals surface area contributed by atoms with Gasteiger partial charge in [-0.25, -0.2) is 4.98 Å². The SMILES string of the molecule is [2H]c1c([2H])c([2H])c(C(=O)Nc2ncc([N+](=O)[O-])s2)c(O[C@H]2O[C@@H](C(=O)[O-])[C@H](O)[C@@H](O)[C@@H]2O)c1[2H].[Na+]. The van der Waals surface area contributed by atoms with E-state index in [2.05, 4.69) is 10.3 Å². The largest absolute Gasteiger partial charge is 1.00 e. The molecule has 5 atom stereocenters. The predicted molar refractivity (Wildman–Crippen MR) is 95.5 cm³/mol. The first-order valence-corrected chi connectivity index (χ1v) is 8.75. The van der Waals surface area contributed by atoms with Gasteiger partial charge in [0.25, 0.3) is 5.91 Å². The van der Waals surface area contributed by atoms with Crippen LogP contribution in [0.25, 0.3) is 0 Å². The topological polar surface area (TPSA) is 204 Å². The second kappa shape index (κ2) is 10.4. The maximum absolute atomic E-state index is 12.8. The van der Waals surface area contributed by atoms with E-state index in [1.54, 1.807) is 0 Å². The number of aliphatic hydroxyl groups is 3. The first-order valence-electron chi connectivity index (χ1n) is 9.94. The van der Waals surface area contributed by atoms with Crippen LogP contribution in [0, 0.1) is 10.1 Å². The molecule has 1 aromatic heterocycles. The minimum Gasteiger partial charge on any atom is -0.547 e. The Balaban J connectivity index is 0.00000432. The molecule has 13 nitrogen and oxygen atoms in total. The molecule has 4 N–H and O–H groups in total. The monoisotopic (exact) mass is 467 g/mol. The van der Waals surface area contributed by atoms with Crippen molar-refractivity contribution in [2.45, 2.75) is 30.7 Å². The molecule has 0 radical (unpaired) electrons. The van der Waals surface area contributed by atoms with Crippen molar-refractivity contribution in [1.82, 2.24) is 4.98 Å². The van der Waals surface area contributed by atoms with Gasteiger partial charge in [-0.3, -0.25) is 20.2 Å². The van der Waals surface area contributed by atoms with Crippen molar-refractivity contribution in [3.8, 4) is 5.75 Å². The van der Waals surface area contributed by atoms with E-state index in [0.717, 1.165) is 6.20 Å². The number of aliphatic hydroxyl groups excluding tert-OH is 3. The molecular weight excluding hydrogens is 449 g/mol. The number of carboxylic acid groups (broad SMARTS) is 1. The number of nitro groups is 1. The maximum Gasteiger partial charge on any atom is 1.00 e. The van der Waals surface area contributed by atoms with Gasteiger partial charge in [0.05, 0.1) is 21.9 Å². The molecule has 0 bridgehead atoms. The van der Waals surface area contributed by atoms with Crippen LogP contribution in [0.15, 0.2) is 30.4 Å². The molecule has 0 aliphatic carbocycles. The number of aliphatic carboxylic acids is 1. The van der Waals surface area contributed by atoms with E-state index >= 15 is 0 Å². The van der Waals surface area contributed by atoms with Crippen molar-refractivity contribution in [3.05, 3.63) is 46.0 Å². The van der Waals surface area contributed by atoms with Crippen LogP contribution >= 0.6 is 11.3 Å². The number of para-hydroxylation sites is 1. The number of thiazole rings is 1. The predicted octanol–water partition coefficient (Wildman–Crippen LogP) is -4.76. The molecule has 1 saturated heterocycles. The van der Waals surface area contributed by atoms with Gasteiger partial charge in [-0.05, 0) is 23.4 Å². The van der Waals surface area contributed by atoms with Gasteiger partial charge in [-0.1, -0.05) is 12.1 Å². The standard InChI is InChI=1S/C16H15N3O10S.Na/c20-9-10(21)12(14(24)25)29-15(11(9)22)28-7-4-2-1-3-6(7)13(23)18-16-17-5-8(30-16)19(26)27;/h1-5,9-12,15,20-22H,(H,24,25)(H,17,18,23);/q;+1/p-1/t9-,10-,11+,12-,15+;/m1./s1/i1D,2D,3D,4D;. The fraction of sp³-hybridized carbons (Fsp3) is 0.312. The van der Waals surface area contributed by atoms with Gasteiger partial charge in [0.15, 0.2) is 5.13 Å². The van der Waals surface area contributed by atoms with E-state index in [1.807, 2.05) is 0 Å². The third-order valence-electron chi connectivity index (χ3n) is 3.81. The molecule has 1 aliphatic rings. The summed E-state index contributed by atoms with van der Waals surface area (Å²) < 4.78 is 41.8. The zero-order valence-electron chi connectivity index (χ0n) is 19.5. The van der Waals surface area contributed by atoms with Crippen LogP contribution in [-0.4, -0.2) is 67.8 Å². The van der Waals surface area contributed by atoms with Crippen LogP contribution in [0.5, 0.6) is 5.75 Å². The molecule has 1 fully saturated rings. The summed E-state index contributed by atoms with van der Waals surface area (Å²) in [6.07, 6.45) is -9.81. The number of nitrogens with one attached hydrogen (secondary N) is 1. The van der Waals surface area contributed by atoms with Crippen LogP contribution in [0.2, 0.25) is 0 Å². The molecule has 3 rings (SSSR count). The summed E-state index contributed by atoms with van der Waals surface area (Å²) in [6, 6.07) is -3.58. The number of carbonyl (C=O) groups is 2. The average molecular weight is 467 g/mol. The summed E-state index contributed by atoms with van der Waals surface area (Å²) in [6.45, 7) is 0. The molecule has 0 spiro atoms. The summed E-state index contributed by atoms with van der Waals surface area (Å²) in [5.74, 6) is -4.13. The van der Waals surface area contributed by atoms with E-state index in [1.165, 1.54) is 0 Å². The minimum absolute atomic E-state index is 0. The number of carbonyl (C=O) groups excluding carboxylic acids is 2. The van der Waals surface area contributed by atoms with Crippen molar-refractivity contribution >= 4 is 33.3 Å². The van der Waals surface area contributed by atoms with Crippen LogP contribution in [0.1, 0.15) is 15.8 Å². The Kier molecular flexibility index (Phi) is 6.56. The Hall–Kier alpha value is -2.17. The smallest absolute Gasteiger partial charge is 0.547 e. The molecule has 1 amide bonds. The number of rotatable bonds is 6. The first-order chi connectivity index (χ1) is 15.8. The number of aromatic nitrogens is 1. The number of anilines is 1. The third kappa shape index (κ3) is 5.55. The second-order valence-electron chi connectivity index (χ2n) is 5.75. The number of benzene rings is 1. The van der Waals surface area contributed by atoms with Gasteiger partial charge in [0.1, 0.15) is 36.4 Å². The quantitative estimate of drug-likeness (QED) is 0.180. The minimum atomic E-state index is -2.19. The van der Waals surface area contributed by atoms with Gasteiger partial charge < -0.3 is 34.7 Å². The molecule has 160 valence electrons. The van der Waals surface area contributed by atoms with Crippen molar-refractivity contribution in [2.75, 3.05) is 5.32 Å². The summed E-state index contributed by atoms with van der Waals surface area (Å²) in [4.78, 5) is 37.6. The van der Waals surface area contributed by atoms with Crippen LogP contribution in [0.3, 0.4) is 0 Å². The Bertz CT molecular complexity index is 1170. The molecule has 1 aromatic carbocycles. The van der Waals surface area contributed by atoms with E-state index in [0.29, 0.717) is 11.3 Å². The maximum atomic E-state index is 12.8. The summed E-state index contributed by atoms with van der Waals surface area (Å²) in [5, 5.41) is 53.2. The summed E-state index contributed by atoms with van der Waals surface area (Å²) >= 11 is 0.455. The molecular formula is C16H14N3NaO10S. The molecule has 0 saturated carbocycles. The van der Waals surface area contributed by atoms with Crippen LogP contribution in [-0.2, 0) is 9.53 Å². The molecule has 0 unspecified atom stereocenters.